The molecule has 0 unspecified atom stereocenters. The standard InChI is InChI=1S/C17H14FN3O/c1-22-13-6-5-10-7-15-16(14(10)9-13)20-21-17(15)19-12-4-2-3-11(18)8-12/h2-9,19-21H,1H3. The summed E-state index contributed by atoms with van der Waals surface area (Å²) in [5, 5.41) is 11.7. The number of hydrogen-bond donors (Lipinski definition) is 3. The molecule has 1 aliphatic heterocycles. The summed E-state index contributed by atoms with van der Waals surface area (Å²) in [4.78, 5) is 0. The first kappa shape index (κ1) is 12.8. The van der Waals surface area contributed by atoms with Gasteiger partial charge in [-0.05, 0) is 41.8 Å². The lowest BCUT2D eigenvalue weighted by Gasteiger charge is -2.04. The van der Waals surface area contributed by atoms with Crippen molar-refractivity contribution in [3.8, 4) is 17.0 Å². The molecule has 1 aliphatic carbocycles. The summed E-state index contributed by atoms with van der Waals surface area (Å²) in [5.74, 6) is 1.35. The van der Waals surface area contributed by atoms with Crippen LogP contribution in [0.25, 0.3) is 22.0 Å². The molecule has 0 fully saturated rings. The van der Waals surface area contributed by atoms with Crippen LogP contribution in [0.2, 0.25) is 0 Å². The predicted molar refractivity (Wildman–Crippen MR) is 85.5 cm³/mol. The molecule has 0 spiro atoms. The van der Waals surface area contributed by atoms with Crippen molar-refractivity contribution >= 4 is 22.3 Å². The fourth-order valence-electron chi connectivity index (χ4n) is 2.71. The highest BCUT2D eigenvalue weighted by atomic mass is 19.1. The number of benzene rings is 2. The van der Waals surface area contributed by atoms with Crippen molar-refractivity contribution in [2.45, 2.75) is 0 Å². The summed E-state index contributed by atoms with van der Waals surface area (Å²) < 4.78 is 18.6. The minimum atomic E-state index is -0.269. The molecule has 0 radical (unpaired) electrons. The molecule has 1 heterocycles. The summed E-state index contributed by atoms with van der Waals surface area (Å²) in [7, 11) is 1.65. The molecular formula is C17H14FN3O. The van der Waals surface area contributed by atoms with Gasteiger partial charge in [-0.2, -0.15) is 0 Å². The molecule has 3 N–H and O–H groups in total. The Kier molecular flexibility index (Phi) is 2.79. The van der Waals surface area contributed by atoms with Gasteiger partial charge in [-0.3, -0.25) is 10.2 Å². The van der Waals surface area contributed by atoms with Crippen molar-refractivity contribution < 1.29 is 9.13 Å². The van der Waals surface area contributed by atoms with E-state index in [1.165, 1.54) is 12.1 Å². The topological polar surface area (TPSA) is 52.8 Å². The molecule has 110 valence electrons. The molecule has 4 rings (SSSR count). The monoisotopic (exact) mass is 295 g/mol. The third-order valence-corrected chi connectivity index (χ3v) is 3.77. The number of anilines is 2. The average molecular weight is 295 g/mol. The van der Waals surface area contributed by atoms with Gasteiger partial charge in [-0.15, -0.1) is 0 Å². The Morgan fingerprint density at radius 3 is 2.77 bits per heavy atom. The predicted octanol–water partition coefficient (Wildman–Crippen LogP) is 4.49. The molecule has 2 aliphatic rings. The van der Waals surface area contributed by atoms with Gasteiger partial charge in [0.05, 0.1) is 12.8 Å². The van der Waals surface area contributed by atoms with Gasteiger partial charge in [0, 0.05) is 16.6 Å². The molecule has 2 aromatic rings. The van der Waals surface area contributed by atoms with E-state index >= 15 is 0 Å². The number of hydrogen-bond acceptors (Lipinski definition) is 2. The highest BCUT2D eigenvalue weighted by molar-refractivity contribution is 6.04. The van der Waals surface area contributed by atoms with E-state index in [0.29, 0.717) is 5.69 Å². The second kappa shape index (κ2) is 4.80. The molecule has 22 heavy (non-hydrogen) atoms. The number of fused-ring (bicyclic) bond motifs is 3. The van der Waals surface area contributed by atoms with Crippen LogP contribution >= 0.6 is 0 Å². The van der Waals surface area contributed by atoms with Gasteiger partial charge in [-0.25, -0.2) is 4.39 Å². The van der Waals surface area contributed by atoms with Gasteiger partial charge >= 0.3 is 0 Å². The lowest BCUT2D eigenvalue weighted by molar-refractivity contribution is 0.415. The van der Waals surface area contributed by atoms with Gasteiger partial charge in [0.15, 0.2) is 0 Å². The number of ether oxygens (including phenoxy) is 1. The highest BCUT2D eigenvalue weighted by Gasteiger charge is 2.17. The van der Waals surface area contributed by atoms with Crippen molar-refractivity contribution in [2.75, 3.05) is 12.4 Å². The third-order valence-electron chi connectivity index (χ3n) is 3.77. The largest absolute Gasteiger partial charge is 0.497 e. The summed E-state index contributed by atoms with van der Waals surface area (Å²) in [6, 6.07) is 14.4. The summed E-state index contributed by atoms with van der Waals surface area (Å²) in [5.41, 5.74) is 2.71. The quantitative estimate of drug-likeness (QED) is 0.521. The van der Waals surface area contributed by atoms with E-state index in [9.17, 15) is 4.39 Å². The minimum absolute atomic E-state index is 0.269. The Labute approximate surface area is 126 Å². The number of rotatable bonds is 3. The van der Waals surface area contributed by atoms with Crippen LogP contribution in [0.15, 0.2) is 48.5 Å². The zero-order valence-corrected chi connectivity index (χ0v) is 11.9. The van der Waals surface area contributed by atoms with Gasteiger partial charge in [0.2, 0.25) is 0 Å². The maximum absolute atomic E-state index is 13.3. The van der Waals surface area contributed by atoms with E-state index in [2.05, 4.69) is 21.6 Å². The number of aromatic nitrogens is 2. The fraction of sp³-hybridized carbons (Fsp3) is 0.0588. The Morgan fingerprint density at radius 1 is 1.05 bits per heavy atom. The summed E-state index contributed by atoms with van der Waals surface area (Å²) in [6.45, 7) is 0. The Bertz CT molecular complexity index is 925. The van der Waals surface area contributed by atoms with Gasteiger partial charge in [-0.1, -0.05) is 12.1 Å². The van der Waals surface area contributed by atoms with Crippen LogP contribution in [0, 0.1) is 5.82 Å². The van der Waals surface area contributed by atoms with Crippen LogP contribution in [0.5, 0.6) is 5.75 Å². The molecule has 0 aromatic heterocycles. The van der Waals surface area contributed by atoms with E-state index in [1.54, 1.807) is 13.2 Å². The van der Waals surface area contributed by atoms with Crippen molar-refractivity contribution in [3.05, 3.63) is 54.3 Å². The number of nitrogens with one attached hydrogen (secondary N) is 3. The number of aromatic amines is 2. The molecule has 0 saturated carbocycles. The van der Waals surface area contributed by atoms with E-state index < -0.39 is 0 Å². The first-order valence-electron chi connectivity index (χ1n) is 6.94. The Hall–Kier alpha value is -2.95. The minimum Gasteiger partial charge on any atom is -0.497 e. The molecule has 0 amide bonds. The number of halogens is 1. The normalized spacial score (nSPS) is 11.2. The van der Waals surface area contributed by atoms with E-state index in [-0.39, 0.29) is 5.82 Å². The maximum atomic E-state index is 13.3. The van der Waals surface area contributed by atoms with Crippen molar-refractivity contribution in [1.82, 2.24) is 10.2 Å². The fourth-order valence-corrected chi connectivity index (χ4v) is 2.71. The SMILES string of the molecule is COc1ccc2cc3c(Nc4cccc(F)c4)[nH][nH]c-3c2c1. The van der Waals surface area contributed by atoms with Crippen molar-refractivity contribution in [2.24, 2.45) is 0 Å². The lowest BCUT2D eigenvalue weighted by atomic mass is 10.2. The molecule has 2 aromatic carbocycles. The van der Waals surface area contributed by atoms with Crippen molar-refractivity contribution in [3.63, 3.8) is 0 Å². The smallest absolute Gasteiger partial charge is 0.132 e. The second-order valence-electron chi connectivity index (χ2n) is 5.15. The summed E-state index contributed by atoms with van der Waals surface area (Å²) in [6.07, 6.45) is 0. The van der Waals surface area contributed by atoms with Crippen LogP contribution in [0.1, 0.15) is 0 Å². The molecule has 4 nitrogen and oxygen atoms in total. The summed E-state index contributed by atoms with van der Waals surface area (Å²) >= 11 is 0. The zero-order valence-electron chi connectivity index (χ0n) is 11.9. The second-order valence-corrected chi connectivity index (χ2v) is 5.15. The van der Waals surface area contributed by atoms with E-state index in [4.69, 9.17) is 4.74 Å². The Morgan fingerprint density at radius 2 is 1.95 bits per heavy atom. The molecule has 0 bridgehead atoms. The van der Waals surface area contributed by atoms with E-state index in [0.717, 1.165) is 33.6 Å². The molecule has 0 atom stereocenters. The number of H-pyrrole nitrogens is 2. The third kappa shape index (κ3) is 1.98. The highest BCUT2D eigenvalue weighted by Crippen LogP contribution is 2.39. The first-order valence-corrected chi connectivity index (χ1v) is 6.94. The van der Waals surface area contributed by atoms with E-state index in [1.807, 2.05) is 24.3 Å². The van der Waals surface area contributed by atoms with Crippen LogP contribution in [-0.2, 0) is 0 Å². The molecular weight excluding hydrogens is 281 g/mol. The molecule has 0 saturated heterocycles. The first-order chi connectivity index (χ1) is 10.7. The Balaban J connectivity index is 1.77. The van der Waals surface area contributed by atoms with Gasteiger partial charge in [0.25, 0.3) is 0 Å². The maximum Gasteiger partial charge on any atom is 0.132 e. The van der Waals surface area contributed by atoms with Gasteiger partial charge < -0.3 is 10.1 Å². The van der Waals surface area contributed by atoms with Crippen molar-refractivity contribution in [1.29, 1.82) is 0 Å². The van der Waals surface area contributed by atoms with Crippen LogP contribution in [0.3, 0.4) is 0 Å². The van der Waals surface area contributed by atoms with Crippen LogP contribution in [-0.4, -0.2) is 17.3 Å². The average Bonchev–Trinajstić information content (AvgIpc) is 3.07. The zero-order chi connectivity index (χ0) is 15.1. The van der Waals surface area contributed by atoms with Gasteiger partial charge in [0.1, 0.15) is 17.4 Å². The number of methoxy groups -OCH3 is 1. The molecule has 5 heteroatoms. The van der Waals surface area contributed by atoms with Crippen LogP contribution in [0.4, 0.5) is 15.9 Å². The van der Waals surface area contributed by atoms with Crippen LogP contribution < -0.4 is 10.1 Å². The lowest BCUT2D eigenvalue weighted by Crippen LogP contribution is -1.91.